The van der Waals surface area contributed by atoms with Gasteiger partial charge in [0.2, 0.25) is 0 Å². The average molecular weight is 238 g/mol. The number of nitrogens with one attached hydrogen (secondary N) is 1. The molecule has 1 N–H and O–H groups in total. The third-order valence-electron chi connectivity index (χ3n) is 4.93. The molecule has 0 heterocycles. The summed E-state index contributed by atoms with van der Waals surface area (Å²) >= 11 is 0. The van der Waals surface area contributed by atoms with Crippen molar-refractivity contribution in [2.24, 2.45) is 5.41 Å². The zero-order valence-electron chi connectivity index (χ0n) is 11.8. The van der Waals surface area contributed by atoms with E-state index in [4.69, 9.17) is 0 Å². The predicted octanol–water partition coefficient (Wildman–Crippen LogP) is 3.03. The van der Waals surface area contributed by atoms with Gasteiger partial charge in [0.1, 0.15) is 0 Å². The fourth-order valence-electron chi connectivity index (χ4n) is 3.76. The summed E-state index contributed by atoms with van der Waals surface area (Å²) in [7, 11) is 4.31. The van der Waals surface area contributed by atoms with E-state index in [1.165, 1.54) is 70.9 Å². The fraction of sp³-hybridized carbons (Fsp3) is 1.00. The van der Waals surface area contributed by atoms with Crippen LogP contribution in [0.4, 0.5) is 0 Å². The Labute approximate surface area is 107 Å². The quantitative estimate of drug-likeness (QED) is 0.741. The van der Waals surface area contributed by atoms with E-state index in [1.807, 2.05) is 0 Å². The Morgan fingerprint density at radius 1 is 1.06 bits per heavy atom. The molecule has 0 aromatic rings. The number of nitrogens with zero attached hydrogens (tertiary/aromatic N) is 1. The summed E-state index contributed by atoms with van der Waals surface area (Å²) in [6, 6.07) is 0.823. The molecule has 100 valence electrons. The van der Waals surface area contributed by atoms with Crippen molar-refractivity contribution in [2.75, 3.05) is 27.2 Å². The molecule has 2 aliphatic carbocycles. The van der Waals surface area contributed by atoms with Crippen LogP contribution in [0.1, 0.15) is 57.8 Å². The van der Waals surface area contributed by atoms with E-state index < -0.39 is 0 Å². The van der Waals surface area contributed by atoms with Crippen LogP contribution >= 0.6 is 0 Å². The Hall–Kier alpha value is -0.0800. The van der Waals surface area contributed by atoms with Crippen LogP contribution in [0.15, 0.2) is 0 Å². The van der Waals surface area contributed by atoms with Crippen molar-refractivity contribution in [1.29, 1.82) is 0 Å². The Morgan fingerprint density at radius 2 is 1.71 bits per heavy atom. The minimum atomic E-state index is 0.793. The van der Waals surface area contributed by atoms with Gasteiger partial charge >= 0.3 is 0 Å². The van der Waals surface area contributed by atoms with Gasteiger partial charge in [-0.1, -0.05) is 12.8 Å². The van der Waals surface area contributed by atoms with Gasteiger partial charge in [-0.2, -0.15) is 0 Å². The lowest BCUT2D eigenvalue weighted by atomic mass is 9.71. The summed E-state index contributed by atoms with van der Waals surface area (Å²) in [5.41, 5.74) is 0.793. The van der Waals surface area contributed by atoms with Gasteiger partial charge in [-0.15, -0.1) is 0 Å². The summed E-state index contributed by atoms with van der Waals surface area (Å²) in [6.45, 7) is 2.42. The molecule has 2 aliphatic rings. The second-order valence-corrected chi connectivity index (χ2v) is 6.59. The maximum Gasteiger partial charge on any atom is 0.00674 e. The van der Waals surface area contributed by atoms with Gasteiger partial charge in [-0.25, -0.2) is 0 Å². The van der Waals surface area contributed by atoms with Gasteiger partial charge in [-0.05, 0) is 77.5 Å². The minimum Gasteiger partial charge on any atom is -0.314 e. The molecule has 0 atom stereocenters. The average Bonchev–Trinajstić information content (AvgIpc) is 2.75. The predicted molar refractivity (Wildman–Crippen MR) is 74.3 cm³/mol. The second-order valence-electron chi connectivity index (χ2n) is 6.59. The van der Waals surface area contributed by atoms with Crippen molar-refractivity contribution in [3.05, 3.63) is 0 Å². The summed E-state index contributed by atoms with van der Waals surface area (Å²) in [4.78, 5) is 2.27. The standard InChI is InChI=1S/C15H30N2/c1-17(2)13-5-12-16-14-6-10-15(11-7-14)8-3-4-9-15/h14,16H,3-13H2,1-2H3. The van der Waals surface area contributed by atoms with Crippen LogP contribution < -0.4 is 5.32 Å². The monoisotopic (exact) mass is 238 g/mol. The zero-order valence-corrected chi connectivity index (χ0v) is 11.8. The SMILES string of the molecule is CN(C)CCCNC1CCC2(CCCC2)CC1. The van der Waals surface area contributed by atoms with E-state index in [0.29, 0.717) is 0 Å². The van der Waals surface area contributed by atoms with Crippen LogP contribution in [-0.4, -0.2) is 38.1 Å². The van der Waals surface area contributed by atoms with Crippen LogP contribution in [0, 0.1) is 5.41 Å². The van der Waals surface area contributed by atoms with E-state index in [2.05, 4.69) is 24.3 Å². The molecule has 0 amide bonds. The van der Waals surface area contributed by atoms with E-state index in [-0.39, 0.29) is 0 Å². The molecule has 2 heteroatoms. The Balaban J connectivity index is 1.59. The van der Waals surface area contributed by atoms with Crippen LogP contribution in [-0.2, 0) is 0 Å². The largest absolute Gasteiger partial charge is 0.314 e. The lowest BCUT2D eigenvalue weighted by Crippen LogP contribution is -2.37. The Kier molecular flexibility index (Phi) is 4.87. The molecule has 0 unspecified atom stereocenters. The maximum atomic E-state index is 3.76. The molecule has 2 nitrogen and oxygen atoms in total. The molecule has 2 fully saturated rings. The highest BCUT2D eigenvalue weighted by Gasteiger charge is 2.37. The van der Waals surface area contributed by atoms with Crippen LogP contribution in [0.5, 0.6) is 0 Å². The Bertz CT molecular complexity index is 209. The summed E-state index contributed by atoms with van der Waals surface area (Å²) in [6.07, 6.45) is 13.2. The summed E-state index contributed by atoms with van der Waals surface area (Å²) < 4.78 is 0. The summed E-state index contributed by atoms with van der Waals surface area (Å²) in [5.74, 6) is 0. The third kappa shape index (κ3) is 3.96. The number of hydrogen-bond acceptors (Lipinski definition) is 2. The van der Waals surface area contributed by atoms with Crippen LogP contribution in [0.25, 0.3) is 0 Å². The van der Waals surface area contributed by atoms with Crippen molar-refractivity contribution < 1.29 is 0 Å². The molecular formula is C15H30N2. The van der Waals surface area contributed by atoms with Gasteiger partial charge in [0.05, 0.1) is 0 Å². The van der Waals surface area contributed by atoms with Gasteiger partial charge in [0, 0.05) is 6.04 Å². The molecule has 2 rings (SSSR count). The van der Waals surface area contributed by atoms with Gasteiger partial charge in [-0.3, -0.25) is 0 Å². The molecule has 0 aromatic heterocycles. The Morgan fingerprint density at radius 3 is 2.29 bits per heavy atom. The number of hydrogen-bond donors (Lipinski definition) is 1. The lowest BCUT2D eigenvalue weighted by Gasteiger charge is -2.37. The molecule has 0 radical (unpaired) electrons. The van der Waals surface area contributed by atoms with Crippen molar-refractivity contribution in [3.63, 3.8) is 0 Å². The first-order valence-corrected chi connectivity index (χ1v) is 7.58. The van der Waals surface area contributed by atoms with Crippen molar-refractivity contribution >= 4 is 0 Å². The molecule has 0 bridgehead atoms. The van der Waals surface area contributed by atoms with Crippen LogP contribution in [0.3, 0.4) is 0 Å². The van der Waals surface area contributed by atoms with Crippen molar-refractivity contribution in [3.8, 4) is 0 Å². The van der Waals surface area contributed by atoms with Gasteiger partial charge in [0.15, 0.2) is 0 Å². The highest BCUT2D eigenvalue weighted by Crippen LogP contribution is 2.48. The van der Waals surface area contributed by atoms with Crippen molar-refractivity contribution in [1.82, 2.24) is 10.2 Å². The highest BCUT2D eigenvalue weighted by molar-refractivity contribution is 4.91. The van der Waals surface area contributed by atoms with Crippen LogP contribution in [0.2, 0.25) is 0 Å². The van der Waals surface area contributed by atoms with E-state index in [1.54, 1.807) is 0 Å². The highest BCUT2D eigenvalue weighted by atomic mass is 15.1. The number of rotatable bonds is 5. The molecule has 0 aromatic carbocycles. The molecule has 0 saturated heterocycles. The normalized spacial score (nSPS) is 24.9. The molecule has 2 saturated carbocycles. The van der Waals surface area contributed by atoms with E-state index >= 15 is 0 Å². The van der Waals surface area contributed by atoms with E-state index in [9.17, 15) is 0 Å². The first kappa shape index (κ1) is 13.4. The summed E-state index contributed by atoms with van der Waals surface area (Å²) in [5, 5.41) is 3.76. The molecule has 1 spiro atoms. The zero-order chi connectivity index (χ0) is 12.1. The van der Waals surface area contributed by atoms with Gasteiger partial charge < -0.3 is 10.2 Å². The molecule has 17 heavy (non-hydrogen) atoms. The molecular weight excluding hydrogens is 208 g/mol. The topological polar surface area (TPSA) is 15.3 Å². The lowest BCUT2D eigenvalue weighted by molar-refractivity contribution is 0.168. The van der Waals surface area contributed by atoms with E-state index in [0.717, 1.165) is 11.5 Å². The van der Waals surface area contributed by atoms with Crippen molar-refractivity contribution in [2.45, 2.75) is 63.8 Å². The first-order chi connectivity index (χ1) is 8.20. The smallest absolute Gasteiger partial charge is 0.00674 e. The maximum absolute atomic E-state index is 3.76. The van der Waals surface area contributed by atoms with Gasteiger partial charge in [0.25, 0.3) is 0 Å². The minimum absolute atomic E-state index is 0.793. The fourth-order valence-corrected chi connectivity index (χ4v) is 3.76. The molecule has 0 aliphatic heterocycles. The first-order valence-electron chi connectivity index (χ1n) is 7.58. The third-order valence-corrected chi connectivity index (χ3v) is 4.93. The second kappa shape index (κ2) is 6.19.